The molecular formula is C24H28N4O2. The first-order valence-electron chi connectivity index (χ1n) is 10.0. The normalized spacial score (nSPS) is 10.9. The number of para-hydroxylation sites is 1. The van der Waals surface area contributed by atoms with Crippen LogP contribution in [0, 0.1) is 13.8 Å². The van der Waals surface area contributed by atoms with E-state index in [0.29, 0.717) is 11.3 Å². The van der Waals surface area contributed by atoms with E-state index < -0.39 is 0 Å². The van der Waals surface area contributed by atoms with E-state index in [-0.39, 0.29) is 24.4 Å². The highest BCUT2D eigenvalue weighted by Crippen LogP contribution is 2.26. The van der Waals surface area contributed by atoms with Crippen molar-refractivity contribution in [1.82, 2.24) is 20.0 Å². The lowest BCUT2D eigenvalue weighted by atomic mass is 10.0. The molecule has 0 aliphatic rings. The van der Waals surface area contributed by atoms with E-state index in [1.54, 1.807) is 17.9 Å². The van der Waals surface area contributed by atoms with Gasteiger partial charge in [0, 0.05) is 24.8 Å². The van der Waals surface area contributed by atoms with E-state index in [1.807, 2.05) is 69.3 Å². The number of carbonyl (C=O) groups excluding carboxylic acids is 2. The van der Waals surface area contributed by atoms with Gasteiger partial charge in [0.1, 0.15) is 5.69 Å². The van der Waals surface area contributed by atoms with Crippen LogP contribution in [0.3, 0.4) is 0 Å². The minimum atomic E-state index is -0.246. The van der Waals surface area contributed by atoms with Crippen molar-refractivity contribution in [3.63, 3.8) is 0 Å². The van der Waals surface area contributed by atoms with Gasteiger partial charge < -0.3 is 10.2 Å². The molecule has 1 N–H and O–H groups in total. The highest BCUT2D eigenvalue weighted by molar-refractivity contribution is 6.01. The molecule has 0 aliphatic carbocycles. The van der Waals surface area contributed by atoms with Crippen molar-refractivity contribution in [3.05, 3.63) is 71.4 Å². The van der Waals surface area contributed by atoms with E-state index in [1.165, 1.54) is 10.5 Å². The van der Waals surface area contributed by atoms with Crippen molar-refractivity contribution in [2.75, 3.05) is 13.6 Å². The number of amides is 2. The van der Waals surface area contributed by atoms with Crippen LogP contribution in [0.1, 0.15) is 35.3 Å². The third-order valence-corrected chi connectivity index (χ3v) is 4.92. The summed E-state index contributed by atoms with van der Waals surface area (Å²) in [6.45, 7) is 7.86. The summed E-state index contributed by atoms with van der Waals surface area (Å²) in [5.74, 6) is -0.437. The molecule has 6 heteroatoms. The molecule has 0 saturated heterocycles. The lowest BCUT2D eigenvalue weighted by Gasteiger charge is -2.18. The molecule has 6 nitrogen and oxygen atoms in total. The first-order valence-corrected chi connectivity index (χ1v) is 10.0. The fourth-order valence-corrected chi connectivity index (χ4v) is 3.21. The molecule has 0 bridgehead atoms. The molecule has 3 aromatic rings. The maximum absolute atomic E-state index is 13.2. The topological polar surface area (TPSA) is 67.2 Å². The molecular weight excluding hydrogens is 376 g/mol. The summed E-state index contributed by atoms with van der Waals surface area (Å²) in [7, 11) is 1.63. The summed E-state index contributed by atoms with van der Waals surface area (Å²) in [5.41, 5.74) is 5.10. The van der Waals surface area contributed by atoms with E-state index in [9.17, 15) is 9.59 Å². The van der Waals surface area contributed by atoms with Crippen molar-refractivity contribution < 1.29 is 9.59 Å². The minimum Gasteiger partial charge on any atom is -0.352 e. The molecule has 0 atom stereocenters. The molecule has 0 spiro atoms. The van der Waals surface area contributed by atoms with Gasteiger partial charge in [-0.15, -0.1) is 0 Å². The lowest BCUT2D eigenvalue weighted by Crippen LogP contribution is -2.40. The van der Waals surface area contributed by atoms with Gasteiger partial charge >= 0.3 is 0 Å². The van der Waals surface area contributed by atoms with E-state index >= 15 is 0 Å². The largest absolute Gasteiger partial charge is 0.352 e. The molecule has 0 saturated carbocycles. The third-order valence-electron chi connectivity index (χ3n) is 4.92. The van der Waals surface area contributed by atoms with Crippen LogP contribution in [-0.4, -0.2) is 46.1 Å². The predicted molar refractivity (Wildman–Crippen MR) is 119 cm³/mol. The number of nitrogens with one attached hydrogen (secondary N) is 1. The summed E-state index contributed by atoms with van der Waals surface area (Å²) in [4.78, 5) is 26.8. The van der Waals surface area contributed by atoms with Crippen molar-refractivity contribution in [2.24, 2.45) is 0 Å². The molecule has 1 aromatic heterocycles. The smallest absolute Gasteiger partial charge is 0.257 e. The first-order chi connectivity index (χ1) is 14.3. The maximum Gasteiger partial charge on any atom is 0.257 e. The van der Waals surface area contributed by atoms with Crippen LogP contribution in [0.4, 0.5) is 0 Å². The minimum absolute atomic E-state index is 0.0140. The maximum atomic E-state index is 13.2. The third kappa shape index (κ3) is 4.76. The van der Waals surface area contributed by atoms with Gasteiger partial charge in [0.05, 0.1) is 17.8 Å². The Morgan fingerprint density at radius 3 is 2.40 bits per heavy atom. The average molecular weight is 405 g/mol. The molecule has 2 aromatic carbocycles. The summed E-state index contributed by atoms with van der Waals surface area (Å²) in [5, 5.41) is 7.54. The predicted octanol–water partition coefficient (Wildman–Crippen LogP) is 3.75. The van der Waals surface area contributed by atoms with Gasteiger partial charge in [-0.05, 0) is 57.0 Å². The second-order valence-corrected chi connectivity index (χ2v) is 7.85. The summed E-state index contributed by atoms with van der Waals surface area (Å²) < 4.78 is 1.71. The Kier molecular flexibility index (Phi) is 6.35. The molecule has 3 rings (SSSR count). The van der Waals surface area contributed by atoms with Crippen molar-refractivity contribution in [3.8, 4) is 16.9 Å². The monoisotopic (exact) mass is 404 g/mol. The van der Waals surface area contributed by atoms with Gasteiger partial charge in [-0.25, -0.2) is 4.68 Å². The van der Waals surface area contributed by atoms with Crippen LogP contribution >= 0.6 is 0 Å². The highest BCUT2D eigenvalue weighted by atomic mass is 16.2. The number of carbonyl (C=O) groups is 2. The summed E-state index contributed by atoms with van der Waals surface area (Å²) >= 11 is 0. The molecule has 0 aliphatic heterocycles. The van der Waals surface area contributed by atoms with Gasteiger partial charge in [0.15, 0.2) is 0 Å². The Labute approximate surface area is 177 Å². The molecule has 0 unspecified atom stereocenters. The second-order valence-electron chi connectivity index (χ2n) is 7.85. The molecule has 2 amide bonds. The second kappa shape index (κ2) is 8.95. The Balaban J connectivity index is 2.01. The molecule has 30 heavy (non-hydrogen) atoms. The average Bonchev–Trinajstić information content (AvgIpc) is 3.14. The van der Waals surface area contributed by atoms with Crippen LogP contribution < -0.4 is 5.32 Å². The van der Waals surface area contributed by atoms with Crippen molar-refractivity contribution in [2.45, 2.75) is 33.7 Å². The van der Waals surface area contributed by atoms with Gasteiger partial charge in [0.25, 0.3) is 5.91 Å². The Morgan fingerprint density at radius 2 is 1.77 bits per heavy atom. The number of aryl methyl sites for hydroxylation is 2. The zero-order valence-corrected chi connectivity index (χ0v) is 18.1. The standard InChI is InChI=1S/C24H28N4O2/c1-16(2)25-22(29)15-27(5)24(30)21-14-28(20-9-7-6-8-10-20)26-23(21)19-12-11-17(3)18(4)13-19/h6-14,16H,15H2,1-5H3,(H,25,29). The highest BCUT2D eigenvalue weighted by Gasteiger charge is 2.23. The fraction of sp³-hybridized carbons (Fsp3) is 0.292. The number of hydrogen-bond donors (Lipinski definition) is 1. The number of hydrogen-bond acceptors (Lipinski definition) is 3. The van der Waals surface area contributed by atoms with Gasteiger partial charge in [-0.1, -0.05) is 30.3 Å². The quantitative estimate of drug-likeness (QED) is 0.680. The zero-order chi connectivity index (χ0) is 21.8. The molecule has 156 valence electrons. The first kappa shape index (κ1) is 21.3. The fourth-order valence-electron chi connectivity index (χ4n) is 3.21. The van der Waals surface area contributed by atoms with E-state index in [0.717, 1.165) is 16.8 Å². The molecule has 0 radical (unpaired) electrons. The van der Waals surface area contributed by atoms with E-state index in [2.05, 4.69) is 12.2 Å². The van der Waals surface area contributed by atoms with Crippen LogP contribution in [0.25, 0.3) is 16.9 Å². The number of nitrogens with zero attached hydrogens (tertiary/aromatic N) is 3. The van der Waals surface area contributed by atoms with Crippen LogP contribution in [-0.2, 0) is 4.79 Å². The summed E-state index contributed by atoms with van der Waals surface area (Å²) in [6.07, 6.45) is 1.74. The van der Waals surface area contributed by atoms with Crippen molar-refractivity contribution >= 4 is 11.8 Å². The lowest BCUT2D eigenvalue weighted by molar-refractivity contribution is -0.122. The van der Waals surface area contributed by atoms with Gasteiger partial charge in [-0.3, -0.25) is 9.59 Å². The van der Waals surface area contributed by atoms with Crippen LogP contribution in [0.5, 0.6) is 0 Å². The number of rotatable bonds is 6. The number of benzene rings is 2. The van der Waals surface area contributed by atoms with Crippen LogP contribution in [0.2, 0.25) is 0 Å². The summed E-state index contributed by atoms with van der Waals surface area (Å²) in [6, 6.07) is 15.7. The number of likely N-dealkylation sites (N-methyl/N-ethyl adjacent to an activating group) is 1. The molecule has 0 fully saturated rings. The Bertz CT molecular complexity index is 1050. The van der Waals surface area contributed by atoms with Gasteiger partial charge in [0.2, 0.25) is 5.91 Å². The van der Waals surface area contributed by atoms with Crippen LogP contribution in [0.15, 0.2) is 54.7 Å². The Hall–Kier alpha value is -3.41. The zero-order valence-electron chi connectivity index (χ0n) is 18.1. The van der Waals surface area contributed by atoms with Crippen molar-refractivity contribution in [1.29, 1.82) is 0 Å². The van der Waals surface area contributed by atoms with Gasteiger partial charge in [-0.2, -0.15) is 5.10 Å². The molecule has 1 heterocycles. The number of aromatic nitrogens is 2. The van der Waals surface area contributed by atoms with E-state index in [4.69, 9.17) is 5.10 Å². The SMILES string of the molecule is Cc1ccc(-c2nn(-c3ccccc3)cc2C(=O)N(C)CC(=O)NC(C)C)cc1C. The Morgan fingerprint density at radius 1 is 1.07 bits per heavy atom.